The van der Waals surface area contributed by atoms with Crippen molar-refractivity contribution in [2.45, 2.75) is 19.1 Å². The maximum atomic E-state index is 2.30. The van der Waals surface area contributed by atoms with Crippen molar-refractivity contribution in [3.63, 3.8) is 0 Å². The summed E-state index contributed by atoms with van der Waals surface area (Å²) < 4.78 is 0. The lowest BCUT2D eigenvalue weighted by Crippen LogP contribution is -1.91. The van der Waals surface area contributed by atoms with Crippen LogP contribution in [0.4, 0.5) is 0 Å². The SMILES string of the molecule is CCc1ccc2c(c1)C=CSC2. The van der Waals surface area contributed by atoms with E-state index in [4.69, 9.17) is 0 Å². The zero-order valence-electron chi connectivity index (χ0n) is 7.21. The molecule has 0 radical (unpaired) electrons. The van der Waals surface area contributed by atoms with Gasteiger partial charge >= 0.3 is 0 Å². The van der Waals surface area contributed by atoms with Crippen molar-refractivity contribution in [1.82, 2.24) is 0 Å². The van der Waals surface area contributed by atoms with Gasteiger partial charge in [-0.2, -0.15) is 0 Å². The van der Waals surface area contributed by atoms with E-state index in [1.807, 2.05) is 11.8 Å². The third-order valence-electron chi connectivity index (χ3n) is 2.20. The van der Waals surface area contributed by atoms with Crippen molar-refractivity contribution >= 4 is 17.8 Å². The largest absolute Gasteiger partial charge is 0.129 e. The van der Waals surface area contributed by atoms with Crippen LogP contribution in [-0.2, 0) is 12.2 Å². The summed E-state index contributed by atoms with van der Waals surface area (Å²) in [7, 11) is 0. The second kappa shape index (κ2) is 3.36. The van der Waals surface area contributed by atoms with Crippen molar-refractivity contribution in [2.75, 3.05) is 0 Å². The summed E-state index contributed by atoms with van der Waals surface area (Å²) >= 11 is 1.87. The molecule has 0 nitrogen and oxygen atoms in total. The molecule has 1 aliphatic heterocycles. The molecule has 1 heterocycles. The first-order valence-corrected chi connectivity index (χ1v) is 5.35. The summed E-state index contributed by atoms with van der Waals surface area (Å²) in [6, 6.07) is 6.79. The maximum absolute atomic E-state index is 2.30. The van der Waals surface area contributed by atoms with Crippen LogP contribution in [0.3, 0.4) is 0 Å². The quantitative estimate of drug-likeness (QED) is 0.631. The van der Waals surface area contributed by atoms with Crippen molar-refractivity contribution in [2.24, 2.45) is 0 Å². The van der Waals surface area contributed by atoms with Gasteiger partial charge in [-0.1, -0.05) is 25.1 Å². The molecule has 0 bridgehead atoms. The number of thioether (sulfide) groups is 1. The molecule has 12 heavy (non-hydrogen) atoms. The summed E-state index contributed by atoms with van der Waals surface area (Å²) in [5.74, 6) is 1.13. The normalized spacial score (nSPS) is 14.4. The van der Waals surface area contributed by atoms with Gasteiger partial charge in [0.1, 0.15) is 0 Å². The average Bonchev–Trinajstić information content (AvgIpc) is 2.17. The summed E-state index contributed by atoms with van der Waals surface area (Å²) in [6.07, 6.45) is 3.34. The van der Waals surface area contributed by atoms with Crippen LogP contribution in [-0.4, -0.2) is 0 Å². The van der Waals surface area contributed by atoms with E-state index >= 15 is 0 Å². The van der Waals surface area contributed by atoms with E-state index in [1.165, 1.54) is 16.7 Å². The highest BCUT2D eigenvalue weighted by atomic mass is 32.2. The van der Waals surface area contributed by atoms with Gasteiger partial charge < -0.3 is 0 Å². The standard InChI is InChI=1S/C11H12S/c1-2-9-3-4-11-8-12-6-5-10(11)7-9/h3-7H,2,8H2,1H3. The minimum absolute atomic E-state index is 1.13. The molecule has 0 aliphatic carbocycles. The van der Waals surface area contributed by atoms with Gasteiger partial charge in [-0.15, -0.1) is 11.8 Å². The topological polar surface area (TPSA) is 0 Å². The summed E-state index contributed by atoms with van der Waals surface area (Å²) in [6.45, 7) is 2.20. The Morgan fingerprint density at radius 2 is 2.33 bits per heavy atom. The van der Waals surface area contributed by atoms with Gasteiger partial charge in [0.15, 0.2) is 0 Å². The Kier molecular flexibility index (Phi) is 2.22. The molecule has 2 rings (SSSR count). The van der Waals surface area contributed by atoms with Crippen molar-refractivity contribution in [3.05, 3.63) is 40.3 Å². The van der Waals surface area contributed by atoms with Crippen LogP contribution in [0.1, 0.15) is 23.6 Å². The fourth-order valence-corrected chi connectivity index (χ4v) is 2.19. The lowest BCUT2D eigenvalue weighted by molar-refractivity contribution is 1.13. The van der Waals surface area contributed by atoms with Gasteiger partial charge in [0.2, 0.25) is 0 Å². The van der Waals surface area contributed by atoms with Crippen LogP contribution in [0.5, 0.6) is 0 Å². The lowest BCUT2D eigenvalue weighted by Gasteiger charge is -2.10. The van der Waals surface area contributed by atoms with Crippen LogP contribution in [0.2, 0.25) is 0 Å². The van der Waals surface area contributed by atoms with Crippen LogP contribution in [0, 0.1) is 0 Å². The Balaban J connectivity index is 2.44. The number of rotatable bonds is 1. The van der Waals surface area contributed by atoms with Crippen LogP contribution >= 0.6 is 11.8 Å². The molecular weight excluding hydrogens is 164 g/mol. The maximum Gasteiger partial charge on any atom is 0.0231 e. The summed E-state index contributed by atoms with van der Waals surface area (Å²) in [4.78, 5) is 0. The van der Waals surface area contributed by atoms with Gasteiger partial charge in [0.05, 0.1) is 0 Å². The predicted octanol–water partition coefficient (Wildman–Crippen LogP) is 3.47. The zero-order chi connectivity index (χ0) is 8.39. The molecule has 1 aliphatic rings. The molecule has 1 heteroatoms. The smallest absolute Gasteiger partial charge is 0.0231 e. The number of benzene rings is 1. The Bertz CT molecular complexity index is 313. The van der Waals surface area contributed by atoms with Crippen LogP contribution in [0.15, 0.2) is 23.6 Å². The Hall–Kier alpha value is -0.690. The van der Waals surface area contributed by atoms with Crippen molar-refractivity contribution in [1.29, 1.82) is 0 Å². The fraction of sp³-hybridized carbons (Fsp3) is 0.273. The number of hydrogen-bond donors (Lipinski definition) is 0. The van der Waals surface area contributed by atoms with Crippen LogP contribution in [0.25, 0.3) is 6.08 Å². The molecule has 0 spiro atoms. The number of aryl methyl sites for hydroxylation is 1. The fourth-order valence-electron chi connectivity index (χ4n) is 1.41. The molecule has 0 saturated heterocycles. The Morgan fingerprint density at radius 1 is 1.42 bits per heavy atom. The molecule has 0 aromatic heterocycles. The van der Waals surface area contributed by atoms with E-state index < -0.39 is 0 Å². The molecule has 0 N–H and O–H groups in total. The van der Waals surface area contributed by atoms with Crippen molar-refractivity contribution in [3.8, 4) is 0 Å². The third kappa shape index (κ3) is 1.42. The van der Waals surface area contributed by atoms with Crippen LogP contribution < -0.4 is 0 Å². The highest BCUT2D eigenvalue weighted by Crippen LogP contribution is 2.25. The highest BCUT2D eigenvalue weighted by Gasteiger charge is 2.03. The molecule has 0 fully saturated rings. The van der Waals surface area contributed by atoms with Gasteiger partial charge in [-0.25, -0.2) is 0 Å². The third-order valence-corrected chi connectivity index (χ3v) is 3.01. The van der Waals surface area contributed by atoms with E-state index in [0.29, 0.717) is 0 Å². The first kappa shape index (κ1) is 7.93. The molecule has 0 amide bonds. The van der Waals surface area contributed by atoms with Crippen molar-refractivity contribution < 1.29 is 0 Å². The molecule has 1 aromatic carbocycles. The molecule has 0 atom stereocenters. The van der Waals surface area contributed by atoms with E-state index in [9.17, 15) is 0 Å². The van der Waals surface area contributed by atoms with Gasteiger partial charge in [0.25, 0.3) is 0 Å². The second-order valence-electron chi connectivity index (χ2n) is 3.00. The molecular formula is C11H12S. The van der Waals surface area contributed by atoms with Gasteiger partial charge in [-0.3, -0.25) is 0 Å². The van der Waals surface area contributed by atoms with Gasteiger partial charge in [0, 0.05) is 5.75 Å². The minimum atomic E-state index is 1.13. The van der Waals surface area contributed by atoms with Gasteiger partial charge in [-0.05, 0) is 34.6 Å². The Labute approximate surface area is 77.7 Å². The van der Waals surface area contributed by atoms with E-state index in [1.54, 1.807) is 0 Å². The minimum Gasteiger partial charge on any atom is -0.129 e. The summed E-state index contributed by atoms with van der Waals surface area (Å²) in [5.41, 5.74) is 4.32. The number of hydrogen-bond acceptors (Lipinski definition) is 1. The Morgan fingerprint density at radius 3 is 3.17 bits per heavy atom. The average molecular weight is 176 g/mol. The number of fused-ring (bicyclic) bond motifs is 1. The zero-order valence-corrected chi connectivity index (χ0v) is 8.03. The molecule has 0 unspecified atom stereocenters. The molecule has 62 valence electrons. The first-order chi connectivity index (χ1) is 5.90. The molecule has 1 aromatic rings. The molecule has 0 saturated carbocycles. The monoisotopic (exact) mass is 176 g/mol. The predicted molar refractivity (Wildman–Crippen MR) is 56.1 cm³/mol. The van der Waals surface area contributed by atoms with E-state index in [-0.39, 0.29) is 0 Å². The highest BCUT2D eigenvalue weighted by molar-refractivity contribution is 8.01. The van der Waals surface area contributed by atoms with E-state index in [0.717, 1.165) is 12.2 Å². The second-order valence-corrected chi connectivity index (χ2v) is 3.89. The lowest BCUT2D eigenvalue weighted by atomic mass is 10.0. The summed E-state index contributed by atoms with van der Waals surface area (Å²) in [5, 5.41) is 2.18. The first-order valence-electron chi connectivity index (χ1n) is 4.30. The van der Waals surface area contributed by atoms with E-state index in [2.05, 4.69) is 36.6 Å².